The monoisotopic (exact) mass is 383 g/mol. The van der Waals surface area contributed by atoms with Crippen molar-refractivity contribution in [3.63, 3.8) is 0 Å². The van der Waals surface area contributed by atoms with E-state index in [-0.39, 0.29) is 11.7 Å². The zero-order valence-corrected chi connectivity index (χ0v) is 14.5. The van der Waals surface area contributed by atoms with Crippen molar-refractivity contribution in [2.24, 2.45) is 10.7 Å². The van der Waals surface area contributed by atoms with Crippen LogP contribution in [0.25, 0.3) is 0 Å². The Kier molecular flexibility index (Phi) is 7.05. The largest absolute Gasteiger partial charge is 0.366 e. The molecule has 26 heavy (non-hydrogen) atoms. The maximum Gasteiger partial charge on any atom is 0.286 e. The van der Waals surface area contributed by atoms with Gasteiger partial charge in [-0.1, -0.05) is 12.1 Å². The first kappa shape index (κ1) is 19.8. The van der Waals surface area contributed by atoms with Gasteiger partial charge in [0.05, 0.1) is 0 Å². The minimum atomic E-state index is -2.69. The van der Waals surface area contributed by atoms with Crippen LogP contribution in [0.2, 0.25) is 0 Å². The molecule has 0 bridgehead atoms. The molecule has 0 fully saturated rings. The molecule has 9 heteroatoms. The minimum absolute atomic E-state index is 0.173. The van der Waals surface area contributed by atoms with Crippen molar-refractivity contribution in [1.82, 2.24) is 5.48 Å². The topological polar surface area (TPSA) is 76.7 Å². The van der Waals surface area contributed by atoms with E-state index >= 15 is 0 Å². The Bertz CT molecular complexity index is 768. The summed E-state index contributed by atoms with van der Waals surface area (Å²) >= 11 is 1.61. The molecule has 2 aromatic carbocycles. The standard InChI is InChI=1S/C10H9F2N3O2.C7H7FS/c11-7(12)10-14-9(15-17-10)6-3-1-5(2-4-6)8(13)16;1-9-7-4-2-6(8)3-5-7/h1-4,7,10H,(H2,13,16)(H,14,15);2-5H,1H3. The van der Waals surface area contributed by atoms with Gasteiger partial charge in [0.15, 0.2) is 5.84 Å². The Balaban J connectivity index is 0.000000228. The third-order valence-electron chi connectivity index (χ3n) is 3.24. The van der Waals surface area contributed by atoms with Crippen molar-refractivity contribution < 1.29 is 22.8 Å². The second-order valence-electron chi connectivity index (χ2n) is 5.02. The lowest BCUT2D eigenvalue weighted by Crippen LogP contribution is -2.22. The molecule has 1 atom stereocenters. The highest BCUT2D eigenvalue weighted by Crippen LogP contribution is 2.15. The van der Waals surface area contributed by atoms with Gasteiger partial charge in [-0.2, -0.15) is 0 Å². The molecule has 5 nitrogen and oxygen atoms in total. The number of hydrogen-bond donors (Lipinski definition) is 2. The molecule has 1 aliphatic rings. The summed E-state index contributed by atoms with van der Waals surface area (Å²) in [6.07, 6.45) is -2.22. The summed E-state index contributed by atoms with van der Waals surface area (Å²) in [7, 11) is 0. The highest BCUT2D eigenvalue weighted by molar-refractivity contribution is 7.98. The average molecular weight is 383 g/mol. The molecule has 1 amide bonds. The van der Waals surface area contributed by atoms with Crippen LogP contribution < -0.4 is 11.2 Å². The molecular formula is C17H16F3N3O2S. The number of hydrogen-bond acceptors (Lipinski definition) is 5. The number of benzene rings is 2. The lowest BCUT2D eigenvalue weighted by molar-refractivity contribution is -0.0602. The number of halogens is 3. The summed E-state index contributed by atoms with van der Waals surface area (Å²) in [5.41, 5.74) is 8.25. The number of rotatable bonds is 4. The predicted molar refractivity (Wildman–Crippen MR) is 93.7 cm³/mol. The molecule has 3 rings (SSSR count). The van der Waals surface area contributed by atoms with Crippen LogP contribution in [0, 0.1) is 5.82 Å². The van der Waals surface area contributed by atoms with Crippen LogP contribution in [0.3, 0.4) is 0 Å². The number of nitrogens with zero attached hydrogens (tertiary/aromatic N) is 1. The number of nitrogens with one attached hydrogen (secondary N) is 1. The second kappa shape index (κ2) is 9.25. The summed E-state index contributed by atoms with van der Waals surface area (Å²) in [4.78, 5) is 20.1. The van der Waals surface area contributed by atoms with Crippen LogP contribution in [0.1, 0.15) is 15.9 Å². The van der Waals surface area contributed by atoms with Crippen molar-refractivity contribution >= 4 is 23.5 Å². The van der Waals surface area contributed by atoms with E-state index in [1.165, 1.54) is 24.3 Å². The third-order valence-corrected chi connectivity index (χ3v) is 3.98. The van der Waals surface area contributed by atoms with Crippen LogP contribution in [0.15, 0.2) is 58.4 Å². The Morgan fingerprint density at radius 2 is 1.81 bits per heavy atom. The van der Waals surface area contributed by atoms with Gasteiger partial charge in [0.25, 0.3) is 6.43 Å². The number of hydroxylamine groups is 1. The normalized spacial score (nSPS) is 15.7. The first-order valence-corrected chi connectivity index (χ1v) is 8.60. The third kappa shape index (κ3) is 5.50. The molecule has 0 aliphatic carbocycles. The van der Waals surface area contributed by atoms with E-state index in [4.69, 9.17) is 5.73 Å². The predicted octanol–water partition coefficient (Wildman–Crippen LogP) is 3.21. The van der Waals surface area contributed by atoms with Gasteiger partial charge in [-0.15, -0.1) is 11.8 Å². The molecule has 1 heterocycles. The molecule has 3 N–H and O–H groups in total. The van der Waals surface area contributed by atoms with E-state index in [1.807, 2.05) is 6.26 Å². The number of alkyl halides is 2. The van der Waals surface area contributed by atoms with E-state index in [1.54, 1.807) is 36.0 Å². The SMILES string of the molecule is CSc1ccc(F)cc1.NC(=O)c1ccc(C2=NC(C(F)F)ON2)cc1. The molecule has 0 saturated heterocycles. The van der Waals surface area contributed by atoms with E-state index < -0.39 is 18.6 Å². The number of primary amides is 1. The number of amides is 1. The van der Waals surface area contributed by atoms with Gasteiger partial charge >= 0.3 is 0 Å². The Labute approximate surface area is 152 Å². The van der Waals surface area contributed by atoms with Crippen molar-refractivity contribution in [2.75, 3.05) is 6.26 Å². The fourth-order valence-electron chi connectivity index (χ4n) is 1.90. The van der Waals surface area contributed by atoms with Crippen LogP contribution >= 0.6 is 11.8 Å². The first-order valence-electron chi connectivity index (χ1n) is 7.38. The molecule has 1 unspecified atom stereocenters. The number of carbonyl (C=O) groups is 1. The van der Waals surface area contributed by atoms with E-state index in [0.717, 1.165) is 4.90 Å². The van der Waals surface area contributed by atoms with Gasteiger partial charge < -0.3 is 5.73 Å². The van der Waals surface area contributed by atoms with Gasteiger partial charge in [-0.25, -0.2) is 28.5 Å². The number of aliphatic imine (C=N–C) groups is 1. The maximum atomic E-state index is 12.3. The summed E-state index contributed by atoms with van der Waals surface area (Å²) in [5, 5.41) is 0. The van der Waals surface area contributed by atoms with Crippen LogP contribution in [0.4, 0.5) is 13.2 Å². The fourth-order valence-corrected chi connectivity index (χ4v) is 2.31. The van der Waals surface area contributed by atoms with Crippen LogP contribution in [-0.2, 0) is 4.84 Å². The molecule has 0 radical (unpaired) electrons. The molecule has 0 saturated carbocycles. The summed E-state index contributed by atoms with van der Waals surface area (Å²) in [6, 6.07) is 12.5. The van der Waals surface area contributed by atoms with E-state index in [0.29, 0.717) is 11.1 Å². The first-order chi connectivity index (χ1) is 12.4. The smallest absolute Gasteiger partial charge is 0.286 e. The average Bonchev–Trinajstić information content (AvgIpc) is 3.13. The van der Waals surface area contributed by atoms with Gasteiger partial charge in [-0.3, -0.25) is 4.79 Å². The molecule has 138 valence electrons. The van der Waals surface area contributed by atoms with E-state index in [2.05, 4.69) is 15.3 Å². The van der Waals surface area contributed by atoms with Crippen LogP contribution in [0.5, 0.6) is 0 Å². The summed E-state index contributed by atoms with van der Waals surface area (Å²) < 4.78 is 36.7. The highest BCUT2D eigenvalue weighted by atomic mass is 32.2. The zero-order chi connectivity index (χ0) is 19.1. The summed E-state index contributed by atoms with van der Waals surface area (Å²) in [6.45, 7) is 0. The molecule has 0 aromatic heterocycles. The lowest BCUT2D eigenvalue weighted by atomic mass is 10.1. The number of thioether (sulfide) groups is 1. The number of carbonyl (C=O) groups excluding carboxylic acids is 1. The number of amidine groups is 1. The second-order valence-corrected chi connectivity index (χ2v) is 5.90. The molecule has 1 aliphatic heterocycles. The van der Waals surface area contributed by atoms with Gasteiger partial charge in [0.2, 0.25) is 12.1 Å². The zero-order valence-electron chi connectivity index (χ0n) is 13.7. The maximum absolute atomic E-state index is 12.3. The Hall–Kier alpha value is -2.52. The molecule has 2 aromatic rings. The lowest BCUT2D eigenvalue weighted by Gasteiger charge is -2.02. The van der Waals surface area contributed by atoms with Crippen molar-refractivity contribution in [3.8, 4) is 0 Å². The van der Waals surface area contributed by atoms with Gasteiger partial charge in [0.1, 0.15) is 5.82 Å². The van der Waals surface area contributed by atoms with Crippen LogP contribution in [-0.4, -0.2) is 30.7 Å². The van der Waals surface area contributed by atoms with Gasteiger partial charge in [0, 0.05) is 16.0 Å². The fraction of sp³-hybridized carbons (Fsp3) is 0.176. The Morgan fingerprint density at radius 1 is 1.19 bits per heavy atom. The van der Waals surface area contributed by atoms with Crippen molar-refractivity contribution in [1.29, 1.82) is 0 Å². The number of nitrogens with two attached hydrogens (primary N) is 1. The minimum Gasteiger partial charge on any atom is -0.366 e. The highest BCUT2D eigenvalue weighted by Gasteiger charge is 2.27. The quantitative estimate of drug-likeness (QED) is 0.795. The Morgan fingerprint density at radius 3 is 2.27 bits per heavy atom. The van der Waals surface area contributed by atoms with Gasteiger partial charge in [-0.05, 0) is 42.7 Å². The van der Waals surface area contributed by atoms with Crippen molar-refractivity contribution in [2.45, 2.75) is 17.5 Å². The molecule has 0 spiro atoms. The van der Waals surface area contributed by atoms with E-state index in [9.17, 15) is 18.0 Å². The molecular weight excluding hydrogens is 367 g/mol. The van der Waals surface area contributed by atoms with Crippen molar-refractivity contribution in [3.05, 3.63) is 65.5 Å². The summed E-state index contributed by atoms with van der Waals surface area (Å²) in [5.74, 6) is -0.529.